The molecular weight excluding hydrogens is 314 g/mol. The third-order valence-electron chi connectivity index (χ3n) is 4.29. The molecule has 0 bridgehead atoms. The van der Waals surface area contributed by atoms with Crippen molar-refractivity contribution in [1.29, 1.82) is 5.41 Å². The third kappa shape index (κ3) is 6.10. The molecule has 0 radical (unpaired) electrons. The fourth-order valence-corrected chi connectivity index (χ4v) is 2.71. The minimum absolute atomic E-state index is 0.227. The molecule has 1 saturated heterocycles. The van der Waals surface area contributed by atoms with Crippen LogP contribution in [-0.4, -0.2) is 41.7 Å². The molecule has 2 rings (SSSR count). The molecule has 0 aromatic rings. The first kappa shape index (κ1) is 18.8. The van der Waals surface area contributed by atoms with Gasteiger partial charge in [-0.05, 0) is 56.9 Å². The number of aliphatic imine (C=N–C) groups is 2. The van der Waals surface area contributed by atoms with Gasteiger partial charge in [0.15, 0.2) is 5.84 Å². The highest BCUT2D eigenvalue weighted by molar-refractivity contribution is 6.06. The van der Waals surface area contributed by atoms with Crippen LogP contribution in [0.5, 0.6) is 0 Å². The number of amidine groups is 2. The van der Waals surface area contributed by atoms with Gasteiger partial charge in [0, 0.05) is 18.3 Å². The molecule has 6 N–H and O–H groups in total. The van der Waals surface area contributed by atoms with E-state index in [4.69, 9.17) is 16.9 Å². The molecule has 136 valence electrons. The van der Waals surface area contributed by atoms with Gasteiger partial charge < -0.3 is 21.7 Å². The van der Waals surface area contributed by atoms with E-state index in [0.29, 0.717) is 30.2 Å². The molecule has 25 heavy (non-hydrogen) atoms. The van der Waals surface area contributed by atoms with Gasteiger partial charge in [-0.2, -0.15) is 4.99 Å². The first-order valence-electron chi connectivity index (χ1n) is 8.76. The molecule has 0 unspecified atom stereocenters. The summed E-state index contributed by atoms with van der Waals surface area (Å²) < 4.78 is 0. The average Bonchev–Trinajstić information content (AvgIpc) is 3.33. The van der Waals surface area contributed by atoms with Gasteiger partial charge >= 0.3 is 0 Å². The molecule has 2 aliphatic rings. The molecule has 1 saturated carbocycles. The standard InChI is InChI=1S/C18H29N7/c1-3-4-9-22-12-17(23-16(20)11-15(19)14-7-8-14)24-18(21)25-10-5-6-13(25)2/h3-4,9,11,13-14,22H,1,5-8,10,12,19H2,2H3,(H3,20,21,23,24)/b9-4-,15-11-/t13-/m0/s1. The molecule has 0 amide bonds. The highest BCUT2D eigenvalue weighted by Crippen LogP contribution is 2.33. The van der Waals surface area contributed by atoms with Gasteiger partial charge in [-0.1, -0.05) is 12.7 Å². The Bertz CT molecular complexity index is 611. The van der Waals surface area contributed by atoms with Crippen LogP contribution < -0.4 is 16.8 Å². The second-order valence-corrected chi connectivity index (χ2v) is 6.47. The van der Waals surface area contributed by atoms with Crippen LogP contribution in [0.15, 0.2) is 46.7 Å². The molecule has 0 aromatic heterocycles. The van der Waals surface area contributed by atoms with E-state index in [1.165, 1.54) is 0 Å². The van der Waals surface area contributed by atoms with Crippen LogP contribution in [0, 0.1) is 11.3 Å². The number of nitrogens with one attached hydrogen (secondary N) is 2. The van der Waals surface area contributed by atoms with Crippen molar-refractivity contribution < 1.29 is 0 Å². The first-order chi connectivity index (χ1) is 12.0. The maximum Gasteiger partial charge on any atom is 0.219 e. The lowest BCUT2D eigenvalue weighted by Gasteiger charge is -2.21. The van der Waals surface area contributed by atoms with Gasteiger partial charge in [0.1, 0.15) is 5.84 Å². The van der Waals surface area contributed by atoms with Gasteiger partial charge in [-0.15, -0.1) is 0 Å². The number of nitrogens with zero attached hydrogens (tertiary/aromatic N) is 3. The molecule has 7 nitrogen and oxygen atoms in total. The molecule has 7 heteroatoms. The summed E-state index contributed by atoms with van der Waals surface area (Å²) >= 11 is 0. The summed E-state index contributed by atoms with van der Waals surface area (Å²) in [6.07, 6.45) is 11.3. The SMILES string of the molecule is C=C/C=C\NCC(/N=C(N)/C=C(\N)C1CC1)=N\C(=N)N1CCC[C@@H]1C. The van der Waals surface area contributed by atoms with Crippen molar-refractivity contribution in [2.75, 3.05) is 13.1 Å². The van der Waals surface area contributed by atoms with E-state index in [-0.39, 0.29) is 5.96 Å². The normalized spacial score (nSPS) is 22.5. The van der Waals surface area contributed by atoms with E-state index in [1.54, 1.807) is 24.4 Å². The van der Waals surface area contributed by atoms with Crippen molar-refractivity contribution in [2.45, 2.75) is 38.6 Å². The number of likely N-dealkylation sites (tertiary alicyclic amines) is 1. The maximum absolute atomic E-state index is 8.25. The van der Waals surface area contributed by atoms with Crippen molar-refractivity contribution in [3.05, 3.63) is 36.7 Å². The fraction of sp³-hybridized carbons (Fsp3) is 0.500. The molecule has 2 fully saturated rings. The Kier molecular flexibility index (Phi) is 6.80. The van der Waals surface area contributed by atoms with Crippen LogP contribution in [0.1, 0.15) is 32.6 Å². The summed E-state index contributed by atoms with van der Waals surface area (Å²) in [6.45, 7) is 6.96. The van der Waals surface area contributed by atoms with E-state index in [0.717, 1.165) is 37.9 Å². The third-order valence-corrected chi connectivity index (χ3v) is 4.29. The highest BCUT2D eigenvalue weighted by atomic mass is 15.3. The highest BCUT2D eigenvalue weighted by Gasteiger charge is 2.24. The van der Waals surface area contributed by atoms with Gasteiger partial charge in [0.2, 0.25) is 5.96 Å². The van der Waals surface area contributed by atoms with Crippen LogP contribution in [-0.2, 0) is 0 Å². The Balaban J connectivity index is 2.11. The lowest BCUT2D eigenvalue weighted by Crippen LogP contribution is -2.33. The van der Waals surface area contributed by atoms with E-state index in [1.807, 2.05) is 4.90 Å². The lowest BCUT2D eigenvalue weighted by atomic mass is 10.2. The Morgan fingerprint density at radius 3 is 2.68 bits per heavy atom. The summed E-state index contributed by atoms with van der Waals surface area (Å²) in [4.78, 5) is 10.7. The zero-order chi connectivity index (χ0) is 18.2. The molecule has 0 spiro atoms. The number of guanidine groups is 1. The van der Waals surface area contributed by atoms with E-state index >= 15 is 0 Å². The molecule has 1 heterocycles. The molecule has 1 aliphatic heterocycles. The summed E-state index contributed by atoms with van der Waals surface area (Å²) in [6, 6.07) is 0.331. The minimum atomic E-state index is 0.227. The molecular formula is C18H29N7. The first-order valence-corrected chi connectivity index (χ1v) is 8.76. The van der Waals surface area contributed by atoms with Crippen LogP contribution >= 0.6 is 0 Å². The molecule has 1 aliphatic carbocycles. The zero-order valence-electron chi connectivity index (χ0n) is 14.9. The van der Waals surface area contributed by atoms with Crippen molar-refractivity contribution in [1.82, 2.24) is 10.2 Å². The van der Waals surface area contributed by atoms with Crippen molar-refractivity contribution >= 4 is 17.6 Å². The van der Waals surface area contributed by atoms with Crippen LogP contribution in [0.25, 0.3) is 0 Å². The smallest absolute Gasteiger partial charge is 0.219 e. The summed E-state index contributed by atoms with van der Waals surface area (Å²) in [5, 5.41) is 11.3. The fourth-order valence-electron chi connectivity index (χ4n) is 2.71. The Labute approximate surface area is 149 Å². The topological polar surface area (TPSA) is 116 Å². The van der Waals surface area contributed by atoms with E-state index in [2.05, 4.69) is 28.8 Å². The van der Waals surface area contributed by atoms with E-state index < -0.39 is 0 Å². The maximum atomic E-state index is 8.25. The van der Waals surface area contributed by atoms with Gasteiger partial charge in [0.25, 0.3) is 0 Å². The monoisotopic (exact) mass is 343 g/mol. The molecule has 0 aromatic carbocycles. The van der Waals surface area contributed by atoms with Crippen molar-refractivity contribution in [3.63, 3.8) is 0 Å². The Hall–Kier alpha value is -2.57. The second-order valence-electron chi connectivity index (χ2n) is 6.47. The molecule has 1 atom stereocenters. The van der Waals surface area contributed by atoms with Gasteiger partial charge in [0.05, 0.1) is 6.54 Å². The predicted octanol–water partition coefficient (Wildman–Crippen LogP) is 1.70. The minimum Gasteiger partial charge on any atom is -0.402 e. The van der Waals surface area contributed by atoms with Crippen LogP contribution in [0.2, 0.25) is 0 Å². The van der Waals surface area contributed by atoms with Crippen molar-refractivity contribution in [2.24, 2.45) is 27.4 Å². The number of allylic oxidation sites excluding steroid dienone is 3. The van der Waals surface area contributed by atoms with Crippen LogP contribution in [0.3, 0.4) is 0 Å². The number of nitrogens with two attached hydrogens (primary N) is 2. The number of rotatable bonds is 6. The predicted molar refractivity (Wildman–Crippen MR) is 105 cm³/mol. The average molecular weight is 343 g/mol. The van der Waals surface area contributed by atoms with Crippen LogP contribution in [0.4, 0.5) is 0 Å². The van der Waals surface area contributed by atoms with Gasteiger partial charge in [-0.3, -0.25) is 5.41 Å². The Morgan fingerprint density at radius 2 is 2.08 bits per heavy atom. The van der Waals surface area contributed by atoms with Crippen molar-refractivity contribution in [3.8, 4) is 0 Å². The quantitative estimate of drug-likeness (QED) is 0.334. The zero-order valence-corrected chi connectivity index (χ0v) is 14.9. The van der Waals surface area contributed by atoms with Gasteiger partial charge in [-0.25, -0.2) is 4.99 Å². The largest absolute Gasteiger partial charge is 0.402 e. The summed E-state index contributed by atoms with van der Waals surface area (Å²) in [5.41, 5.74) is 12.7. The van der Waals surface area contributed by atoms with E-state index in [9.17, 15) is 0 Å². The summed E-state index contributed by atoms with van der Waals surface area (Å²) in [7, 11) is 0. The number of hydrogen-bond donors (Lipinski definition) is 4. The summed E-state index contributed by atoms with van der Waals surface area (Å²) in [5.74, 6) is 1.44. The second kappa shape index (κ2) is 9.05. The number of hydrogen-bond acceptors (Lipinski definition) is 3. The Morgan fingerprint density at radius 1 is 1.32 bits per heavy atom. The lowest BCUT2D eigenvalue weighted by molar-refractivity contribution is 0.408.